The van der Waals surface area contributed by atoms with Crippen LogP contribution in [0, 0.1) is 34.8 Å². The molecule has 46 heavy (non-hydrogen) atoms. The van der Waals surface area contributed by atoms with Gasteiger partial charge in [0.25, 0.3) is 0 Å². The number of hydrogen-bond donors (Lipinski definition) is 2. The summed E-state index contributed by atoms with van der Waals surface area (Å²) in [5.74, 6) is -2.73. The monoisotopic (exact) mass is 670 g/mol. The van der Waals surface area contributed by atoms with Crippen LogP contribution in [-0.2, 0) is 4.79 Å². The number of hydrogen-bond acceptors (Lipinski definition) is 9. The molecule has 2 aromatic carbocycles. The summed E-state index contributed by atoms with van der Waals surface area (Å²) in [4.78, 5) is 25.0. The lowest BCUT2D eigenvalue weighted by Gasteiger charge is -2.36. The fraction of sp³-hybridized carbons (Fsp3) is 0.438. The molecule has 4 aromatic rings. The standard InChI is InChI=1S/C32H30ClF3N6O3S/c1-15-12-41(8-5-17(15)30(43)44)29-19-9-21(33)24(18-3-4-22(35)27-23(18)20(11-37)28(38)46-27)25(36)26(19)39-31(40-29)45-14-32-6-2-7-42(32)13-16(34)10-32/h3-4,9,15-17H,2,5-8,10,12-14,38H2,1H3,(H,43,44)/t15-,16-,17+,32+/m1/s1. The number of nitrogens with zero attached hydrogens (tertiary/aromatic N) is 5. The first-order valence-electron chi connectivity index (χ1n) is 15.1. The quantitative estimate of drug-likeness (QED) is 0.239. The Balaban J connectivity index is 1.38. The summed E-state index contributed by atoms with van der Waals surface area (Å²) in [7, 11) is 0. The molecule has 3 fully saturated rings. The van der Waals surface area contributed by atoms with Crippen molar-refractivity contribution < 1.29 is 27.8 Å². The van der Waals surface area contributed by atoms with Crippen LogP contribution in [0.5, 0.6) is 6.01 Å². The minimum atomic E-state index is -0.965. The zero-order valence-electron chi connectivity index (χ0n) is 24.8. The molecule has 3 aliphatic rings. The van der Waals surface area contributed by atoms with Gasteiger partial charge >= 0.3 is 12.0 Å². The Bertz CT molecular complexity index is 1950. The Morgan fingerprint density at radius 2 is 2.11 bits per heavy atom. The van der Waals surface area contributed by atoms with Gasteiger partial charge in [-0.05, 0) is 49.4 Å². The van der Waals surface area contributed by atoms with Gasteiger partial charge in [-0.25, -0.2) is 13.2 Å². The molecule has 7 rings (SSSR count). The predicted molar refractivity (Wildman–Crippen MR) is 170 cm³/mol. The van der Waals surface area contributed by atoms with E-state index < -0.39 is 35.2 Å². The summed E-state index contributed by atoms with van der Waals surface area (Å²) in [6.45, 7) is 3.75. The van der Waals surface area contributed by atoms with Crippen molar-refractivity contribution in [3.8, 4) is 23.2 Å². The molecule has 2 aromatic heterocycles. The van der Waals surface area contributed by atoms with Crippen LogP contribution >= 0.6 is 22.9 Å². The largest absolute Gasteiger partial charge is 0.481 e. The first-order chi connectivity index (χ1) is 22.0. The Kier molecular flexibility index (Phi) is 7.65. The van der Waals surface area contributed by atoms with Crippen LogP contribution in [0.15, 0.2) is 18.2 Å². The number of nitrogens with two attached hydrogens (primary N) is 1. The third-order valence-electron chi connectivity index (χ3n) is 9.79. The lowest BCUT2D eigenvalue weighted by Crippen LogP contribution is -2.44. The number of aromatic nitrogens is 2. The normalized spacial score (nSPS) is 24.9. The maximum atomic E-state index is 16.9. The van der Waals surface area contributed by atoms with Crippen molar-refractivity contribution in [1.82, 2.24) is 14.9 Å². The number of piperidine rings is 1. The second-order valence-corrected chi connectivity index (χ2v) is 14.0. The number of ether oxygens (including phenoxy) is 1. The fourth-order valence-electron chi connectivity index (χ4n) is 7.57. The van der Waals surface area contributed by atoms with Crippen LogP contribution < -0.4 is 15.4 Å². The number of anilines is 2. The Hall–Kier alpha value is -3.86. The predicted octanol–water partition coefficient (Wildman–Crippen LogP) is 6.40. The van der Waals surface area contributed by atoms with Gasteiger partial charge in [0.2, 0.25) is 0 Å². The van der Waals surface area contributed by atoms with Crippen molar-refractivity contribution >= 4 is 60.7 Å². The van der Waals surface area contributed by atoms with E-state index in [0.29, 0.717) is 38.3 Å². The first kappa shape index (κ1) is 30.8. The molecule has 0 radical (unpaired) electrons. The van der Waals surface area contributed by atoms with Crippen molar-refractivity contribution in [1.29, 1.82) is 5.26 Å². The molecule has 3 aliphatic heterocycles. The molecule has 3 N–H and O–H groups in total. The summed E-state index contributed by atoms with van der Waals surface area (Å²) in [5, 5.41) is 20.0. The van der Waals surface area contributed by atoms with E-state index in [0.717, 1.165) is 30.7 Å². The number of carbonyl (C=O) groups is 1. The van der Waals surface area contributed by atoms with Crippen LogP contribution in [0.3, 0.4) is 0 Å². The molecular weight excluding hydrogens is 641 g/mol. The highest BCUT2D eigenvalue weighted by Gasteiger charge is 2.49. The van der Waals surface area contributed by atoms with Gasteiger partial charge in [-0.1, -0.05) is 24.6 Å². The second kappa shape index (κ2) is 11.4. The van der Waals surface area contributed by atoms with Gasteiger partial charge < -0.3 is 20.5 Å². The number of rotatable bonds is 6. The summed E-state index contributed by atoms with van der Waals surface area (Å²) in [6.07, 6.45) is 1.39. The van der Waals surface area contributed by atoms with Gasteiger partial charge in [-0.3, -0.25) is 9.69 Å². The van der Waals surface area contributed by atoms with Crippen LogP contribution in [0.1, 0.15) is 38.2 Å². The molecule has 9 nitrogen and oxygen atoms in total. The lowest BCUT2D eigenvalue weighted by atomic mass is 9.87. The van der Waals surface area contributed by atoms with Crippen LogP contribution in [0.4, 0.5) is 24.0 Å². The minimum Gasteiger partial charge on any atom is -0.481 e. The van der Waals surface area contributed by atoms with Crippen LogP contribution in [0.25, 0.3) is 32.1 Å². The van der Waals surface area contributed by atoms with E-state index in [2.05, 4.69) is 9.88 Å². The molecular formula is C32H30ClF3N6O3S. The van der Waals surface area contributed by atoms with Gasteiger partial charge in [0.1, 0.15) is 41.0 Å². The van der Waals surface area contributed by atoms with Crippen molar-refractivity contribution in [3.63, 3.8) is 0 Å². The maximum Gasteiger partial charge on any atom is 0.319 e. The van der Waals surface area contributed by atoms with E-state index in [1.807, 2.05) is 17.9 Å². The molecule has 0 spiro atoms. The number of thiophene rings is 1. The number of carboxylic acid groups (broad SMARTS) is 1. The van der Waals surface area contributed by atoms with E-state index >= 15 is 4.39 Å². The Morgan fingerprint density at radius 1 is 1.30 bits per heavy atom. The van der Waals surface area contributed by atoms with E-state index in [4.69, 9.17) is 27.1 Å². The van der Waals surface area contributed by atoms with Gasteiger partial charge in [-0.2, -0.15) is 15.2 Å². The van der Waals surface area contributed by atoms with E-state index in [9.17, 15) is 23.9 Å². The number of nitrogen functional groups attached to an aromatic ring is 1. The summed E-state index contributed by atoms with van der Waals surface area (Å²) < 4.78 is 52.4. The Morgan fingerprint density at radius 3 is 2.85 bits per heavy atom. The number of benzene rings is 2. The van der Waals surface area contributed by atoms with Gasteiger partial charge in [-0.15, -0.1) is 11.3 Å². The zero-order valence-corrected chi connectivity index (χ0v) is 26.4. The topological polar surface area (TPSA) is 129 Å². The van der Waals surface area contributed by atoms with E-state index in [-0.39, 0.29) is 66.2 Å². The van der Waals surface area contributed by atoms with Gasteiger partial charge in [0.15, 0.2) is 5.82 Å². The molecule has 3 saturated heterocycles. The van der Waals surface area contributed by atoms with Gasteiger partial charge in [0.05, 0.1) is 26.7 Å². The molecule has 0 bridgehead atoms. The van der Waals surface area contributed by atoms with Crippen molar-refractivity contribution in [3.05, 3.63) is 40.4 Å². The fourth-order valence-corrected chi connectivity index (χ4v) is 8.82. The number of halogens is 4. The highest BCUT2D eigenvalue weighted by molar-refractivity contribution is 7.23. The molecule has 0 saturated carbocycles. The van der Waals surface area contributed by atoms with Gasteiger partial charge in [0, 0.05) is 42.4 Å². The molecule has 0 aliphatic carbocycles. The minimum absolute atomic E-state index is 0.0148. The number of fused-ring (bicyclic) bond motifs is 3. The van der Waals surface area contributed by atoms with E-state index in [1.54, 1.807) is 0 Å². The van der Waals surface area contributed by atoms with Crippen LogP contribution in [-0.4, -0.2) is 70.4 Å². The average Bonchev–Trinajstić information content (AvgIpc) is 3.66. The van der Waals surface area contributed by atoms with Crippen molar-refractivity contribution in [2.45, 2.75) is 44.3 Å². The second-order valence-electron chi connectivity index (χ2n) is 12.5. The smallest absolute Gasteiger partial charge is 0.319 e. The molecule has 4 atom stereocenters. The molecule has 0 unspecified atom stereocenters. The highest BCUT2D eigenvalue weighted by atomic mass is 35.5. The third kappa shape index (κ3) is 4.89. The lowest BCUT2D eigenvalue weighted by molar-refractivity contribution is -0.144. The molecule has 5 heterocycles. The number of alkyl halides is 1. The number of nitriles is 1. The first-order valence-corrected chi connectivity index (χ1v) is 16.3. The highest BCUT2D eigenvalue weighted by Crippen LogP contribution is 2.46. The summed E-state index contributed by atoms with van der Waals surface area (Å²) in [6, 6.07) is 5.96. The maximum absolute atomic E-state index is 16.9. The van der Waals surface area contributed by atoms with Crippen molar-refractivity contribution in [2.75, 3.05) is 43.4 Å². The van der Waals surface area contributed by atoms with E-state index in [1.165, 1.54) is 18.2 Å². The molecule has 0 amide bonds. The summed E-state index contributed by atoms with van der Waals surface area (Å²) in [5.41, 5.74) is 5.55. The number of carboxylic acids is 1. The SMILES string of the molecule is C[C@@H]1CN(c2nc(OC[C@@]34CCCN3C[C@H](F)C4)nc3c(F)c(-c4ccc(F)c5sc(N)c(C#N)c45)c(Cl)cc23)CC[C@@H]1C(=O)O. The Labute approximate surface area is 271 Å². The number of aliphatic carboxylic acids is 1. The van der Waals surface area contributed by atoms with Crippen LogP contribution in [0.2, 0.25) is 5.02 Å². The average molecular weight is 671 g/mol. The summed E-state index contributed by atoms with van der Waals surface area (Å²) >= 11 is 7.68. The molecule has 240 valence electrons. The third-order valence-corrected chi connectivity index (χ3v) is 11.1. The zero-order chi connectivity index (χ0) is 32.5. The molecule has 14 heteroatoms. The van der Waals surface area contributed by atoms with Crippen molar-refractivity contribution in [2.24, 2.45) is 11.8 Å².